The predicted molar refractivity (Wildman–Crippen MR) is 60.1 cm³/mol. The van der Waals surface area contributed by atoms with Crippen LogP contribution in [0.25, 0.3) is 0 Å². The van der Waals surface area contributed by atoms with E-state index in [-0.39, 0.29) is 11.4 Å². The van der Waals surface area contributed by atoms with Gasteiger partial charge in [-0.1, -0.05) is 19.4 Å². The molecule has 0 bridgehead atoms. The van der Waals surface area contributed by atoms with Gasteiger partial charge in [-0.2, -0.15) is 0 Å². The molecule has 16 heavy (non-hydrogen) atoms. The number of methoxy groups -OCH3 is 1. The Hall–Kier alpha value is -1.84. The highest BCUT2D eigenvalue weighted by molar-refractivity contribution is 6.23. The Labute approximate surface area is 94.3 Å². The van der Waals surface area contributed by atoms with Gasteiger partial charge < -0.3 is 9.72 Å². The number of esters is 1. The number of ketones is 1. The fraction of sp³-hybridized carbons (Fsp3) is 0.333. The van der Waals surface area contributed by atoms with E-state index in [9.17, 15) is 9.59 Å². The van der Waals surface area contributed by atoms with Crippen LogP contribution in [0.2, 0.25) is 0 Å². The van der Waals surface area contributed by atoms with Gasteiger partial charge >= 0.3 is 5.97 Å². The summed E-state index contributed by atoms with van der Waals surface area (Å²) in [5, 5.41) is 0. The minimum atomic E-state index is -0.590. The lowest BCUT2D eigenvalue weighted by molar-refractivity contribution is -0.135. The minimum absolute atomic E-state index is 0.0896. The van der Waals surface area contributed by atoms with E-state index in [2.05, 4.69) is 9.72 Å². The average Bonchev–Trinajstić information content (AvgIpc) is 2.82. The lowest BCUT2D eigenvalue weighted by Crippen LogP contribution is -2.15. The van der Waals surface area contributed by atoms with Gasteiger partial charge in [-0.3, -0.25) is 4.79 Å². The number of H-pyrrole nitrogens is 1. The van der Waals surface area contributed by atoms with Crippen LogP contribution in [0.1, 0.15) is 30.3 Å². The van der Waals surface area contributed by atoms with Crippen LogP contribution < -0.4 is 0 Å². The first-order chi connectivity index (χ1) is 7.70. The van der Waals surface area contributed by atoms with E-state index in [1.165, 1.54) is 7.11 Å². The first-order valence-electron chi connectivity index (χ1n) is 5.17. The van der Waals surface area contributed by atoms with Crippen molar-refractivity contribution in [1.82, 2.24) is 4.98 Å². The molecule has 0 saturated heterocycles. The lowest BCUT2D eigenvalue weighted by Gasteiger charge is -2.03. The zero-order valence-corrected chi connectivity index (χ0v) is 9.45. The number of carbonyl (C=O) groups is 2. The van der Waals surface area contributed by atoms with Crippen molar-refractivity contribution in [1.29, 1.82) is 0 Å². The first kappa shape index (κ1) is 12.2. The second kappa shape index (κ2) is 5.90. The summed E-state index contributed by atoms with van der Waals surface area (Å²) >= 11 is 0. The van der Waals surface area contributed by atoms with E-state index in [1.807, 2.05) is 6.92 Å². The molecule has 0 aliphatic rings. The molecule has 4 heteroatoms. The van der Waals surface area contributed by atoms with Crippen LogP contribution in [-0.2, 0) is 9.53 Å². The van der Waals surface area contributed by atoms with Gasteiger partial charge in [0, 0.05) is 6.20 Å². The van der Waals surface area contributed by atoms with Crippen molar-refractivity contribution >= 4 is 11.8 Å². The van der Waals surface area contributed by atoms with Crippen LogP contribution in [0, 0.1) is 0 Å². The third-order valence-electron chi connectivity index (χ3n) is 2.13. The smallest absolute Gasteiger partial charge is 0.341 e. The summed E-state index contributed by atoms with van der Waals surface area (Å²) in [4.78, 5) is 26.1. The van der Waals surface area contributed by atoms with Gasteiger partial charge in [0.15, 0.2) is 0 Å². The highest BCUT2D eigenvalue weighted by atomic mass is 16.5. The third kappa shape index (κ3) is 2.82. The Morgan fingerprint density at radius 3 is 2.75 bits per heavy atom. The molecule has 1 N–H and O–H groups in total. The van der Waals surface area contributed by atoms with Crippen LogP contribution in [-0.4, -0.2) is 23.8 Å². The van der Waals surface area contributed by atoms with Crippen molar-refractivity contribution in [3.63, 3.8) is 0 Å². The maximum atomic E-state index is 11.9. The highest BCUT2D eigenvalue weighted by Crippen LogP contribution is 2.09. The molecule has 0 amide bonds. The van der Waals surface area contributed by atoms with E-state index in [4.69, 9.17) is 0 Å². The van der Waals surface area contributed by atoms with Crippen LogP contribution in [0.15, 0.2) is 30.0 Å². The Morgan fingerprint density at radius 2 is 2.25 bits per heavy atom. The normalized spacial score (nSPS) is 11.2. The summed E-state index contributed by atoms with van der Waals surface area (Å²) in [6.07, 6.45) is 4.81. The average molecular weight is 221 g/mol. The molecule has 4 nitrogen and oxygen atoms in total. The molecule has 0 fully saturated rings. The number of carbonyl (C=O) groups excluding carboxylic acids is 2. The van der Waals surface area contributed by atoms with E-state index in [1.54, 1.807) is 24.4 Å². The summed E-state index contributed by atoms with van der Waals surface area (Å²) in [5.41, 5.74) is 0.486. The SMILES string of the molecule is CCC/C=C(/C(=O)OC)C(=O)c1ccc[nH]1. The van der Waals surface area contributed by atoms with Gasteiger partial charge in [0.1, 0.15) is 5.57 Å². The molecule has 0 saturated carbocycles. The van der Waals surface area contributed by atoms with Crippen LogP contribution >= 0.6 is 0 Å². The summed E-state index contributed by atoms with van der Waals surface area (Å²) < 4.78 is 4.59. The minimum Gasteiger partial charge on any atom is -0.465 e. The van der Waals surface area contributed by atoms with Crippen molar-refractivity contribution < 1.29 is 14.3 Å². The van der Waals surface area contributed by atoms with Crippen LogP contribution in [0.5, 0.6) is 0 Å². The topological polar surface area (TPSA) is 59.2 Å². The largest absolute Gasteiger partial charge is 0.465 e. The Bertz CT molecular complexity index is 390. The lowest BCUT2D eigenvalue weighted by atomic mass is 10.1. The van der Waals surface area contributed by atoms with Gasteiger partial charge in [0.25, 0.3) is 0 Å². The third-order valence-corrected chi connectivity index (χ3v) is 2.13. The molecule has 1 aromatic heterocycles. The van der Waals surface area contributed by atoms with Gasteiger partial charge in [-0.15, -0.1) is 0 Å². The molecule has 0 unspecified atom stereocenters. The number of aromatic nitrogens is 1. The Kier molecular flexibility index (Phi) is 4.51. The summed E-state index contributed by atoms with van der Waals surface area (Å²) in [7, 11) is 1.27. The van der Waals surface area contributed by atoms with Gasteiger partial charge in [0.2, 0.25) is 5.78 Å². The molecule has 0 atom stereocenters. The zero-order chi connectivity index (χ0) is 12.0. The maximum Gasteiger partial charge on any atom is 0.341 e. The molecule has 1 aromatic rings. The number of unbranched alkanes of at least 4 members (excludes halogenated alkanes) is 1. The predicted octanol–water partition coefficient (Wildman–Crippen LogP) is 2.10. The van der Waals surface area contributed by atoms with Gasteiger partial charge in [-0.05, 0) is 18.6 Å². The number of Topliss-reactive ketones (excluding diaryl/α,β-unsaturated/α-hetero) is 1. The molecule has 86 valence electrons. The van der Waals surface area contributed by atoms with E-state index < -0.39 is 5.97 Å². The molecule has 0 aliphatic heterocycles. The quantitative estimate of drug-likeness (QED) is 0.272. The monoisotopic (exact) mass is 221 g/mol. The van der Waals surface area contributed by atoms with E-state index in [0.717, 1.165) is 6.42 Å². The van der Waals surface area contributed by atoms with Crippen LogP contribution in [0.3, 0.4) is 0 Å². The second-order valence-electron chi connectivity index (χ2n) is 3.31. The highest BCUT2D eigenvalue weighted by Gasteiger charge is 2.20. The van der Waals surface area contributed by atoms with E-state index in [0.29, 0.717) is 12.1 Å². The number of hydrogen-bond acceptors (Lipinski definition) is 3. The maximum absolute atomic E-state index is 11.9. The fourth-order valence-corrected chi connectivity index (χ4v) is 1.28. The summed E-state index contributed by atoms with van der Waals surface area (Å²) in [5.74, 6) is -0.918. The van der Waals surface area contributed by atoms with Gasteiger partial charge in [0.05, 0.1) is 12.8 Å². The van der Waals surface area contributed by atoms with Crippen molar-refractivity contribution in [2.45, 2.75) is 19.8 Å². The Morgan fingerprint density at radius 1 is 1.50 bits per heavy atom. The Balaban J connectivity index is 2.93. The second-order valence-corrected chi connectivity index (χ2v) is 3.31. The van der Waals surface area contributed by atoms with Gasteiger partial charge in [-0.25, -0.2) is 4.79 Å². The van der Waals surface area contributed by atoms with Crippen molar-refractivity contribution in [3.8, 4) is 0 Å². The molecule has 0 radical (unpaired) electrons. The fourth-order valence-electron chi connectivity index (χ4n) is 1.28. The van der Waals surface area contributed by atoms with E-state index >= 15 is 0 Å². The first-order valence-corrected chi connectivity index (χ1v) is 5.17. The van der Waals surface area contributed by atoms with Crippen molar-refractivity contribution in [2.75, 3.05) is 7.11 Å². The number of hydrogen-bond donors (Lipinski definition) is 1. The number of ether oxygens (including phenoxy) is 1. The molecule has 0 spiro atoms. The molecule has 0 aliphatic carbocycles. The number of rotatable bonds is 5. The number of nitrogens with one attached hydrogen (secondary N) is 1. The zero-order valence-electron chi connectivity index (χ0n) is 9.45. The van der Waals surface area contributed by atoms with Crippen molar-refractivity contribution in [2.24, 2.45) is 0 Å². The number of aromatic amines is 1. The molecule has 1 heterocycles. The molecule has 0 aromatic carbocycles. The summed E-state index contributed by atoms with van der Waals surface area (Å²) in [6.45, 7) is 1.98. The molecular weight excluding hydrogens is 206 g/mol. The standard InChI is InChI=1S/C12H15NO3/c1-3-4-6-9(12(15)16-2)11(14)10-7-5-8-13-10/h5-8,13H,3-4H2,1-2H3/b9-6+. The molecular formula is C12H15NO3. The molecule has 1 rings (SSSR count). The van der Waals surface area contributed by atoms with Crippen LogP contribution in [0.4, 0.5) is 0 Å². The van der Waals surface area contributed by atoms with Crippen molar-refractivity contribution in [3.05, 3.63) is 35.7 Å². The number of allylic oxidation sites excluding steroid dienone is 1. The summed E-state index contributed by atoms with van der Waals surface area (Å²) in [6, 6.07) is 3.34.